The van der Waals surface area contributed by atoms with E-state index in [4.69, 9.17) is 14.2 Å². The Morgan fingerprint density at radius 1 is 1.12 bits per heavy atom. The van der Waals surface area contributed by atoms with Gasteiger partial charge in [0.15, 0.2) is 17.8 Å². The molecule has 0 aliphatic rings. The van der Waals surface area contributed by atoms with E-state index in [2.05, 4.69) is 15.9 Å². The second-order valence-corrected chi connectivity index (χ2v) is 5.54. The number of halogens is 1. The maximum atomic E-state index is 11.1. The van der Waals surface area contributed by atoms with Gasteiger partial charge in [0.1, 0.15) is 12.4 Å². The highest BCUT2D eigenvalue weighted by atomic mass is 79.9. The van der Waals surface area contributed by atoms with Crippen molar-refractivity contribution in [1.82, 2.24) is 0 Å². The van der Waals surface area contributed by atoms with E-state index < -0.39 is 4.92 Å². The Hall–Kier alpha value is -2.61. The number of methoxy groups -OCH3 is 2. The molecule has 0 bridgehead atoms. The number of hydrogen-bond donors (Lipinski definition) is 0. The highest BCUT2D eigenvalue weighted by Crippen LogP contribution is 2.34. The van der Waals surface area contributed by atoms with Crippen LogP contribution in [0.2, 0.25) is 0 Å². The molecule has 0 atom stereocenters. The minimum absolute atomic E-state index is 0.112. The van der Waals surface area contributed by atoms with Gasteiger partial charge in [-0.1, -0.05) is 15.9 Å². The fraction of sp³-hybridized carbons (Fsp3) is 0.188. The minimum Gasteiger partial charge on any atom is -0.493 e. The number of hydrogen-bond acceptors (Lipinski definition) is 6. The standard InChI is InChI=1S/C16H14BrNO6/c1-22-15-6-11(13(17)7-16(15)23-2)9-24-14-4-3-12(18(20)21)5-10(14)8-19/h3-8H,9H2,1-2H3. The average molecular weight is 396 g/mol. The number of nitro groups is 1. The number of rotatable bonds is 7. The molecule has 0 heterocycles. The Labute approximate surface area is 146 Å². The van der Waals surface area contributed by atoms with Crippen molar-refractivity contribution in [3.8, 4) is 17.2 Å². The van der Waals surface area contributed by atoms with Gasteiger partial charge in [-0.2, -0.15) is 0 Å². The van der Waals surface area contributed by atoms with Crippen molar-refractivity contribution in [1.29, 1.82) is 0 Å². The first-order valence-corrected chi connectivity index (χ1v) is 7.56. The molecule has 0 aliphatic heterocycles. The molecule has 2 aromatic rings. The summed E-state index contributed by atoms with van der Waals surface area (Å²) < 4.78 is 16.8. The third kappa shape index (κ3) is 3.83. The van der Waals surface area contributed by atoms with Gasteiger partial charge >= 0.3 is 0 Å². The Kier molecular flexibility index (Phi) is 5.75. The summed E-state index contributed by atoms with van der Waals surface area (Å²) in [6.45, 7) is 0.138. The van der Waals surface area contributed by atoms with Crippen LogP contribution in [0.1, 0.15) is 15.9 Å². The quantitative estimate of drug-likeness (QED) is 0.402. The molecule has 24 heavy (non-hydrogen) atoms. The molecule has 0 N–H and O–H groups in total. The van der Waals surface area contributed by atoms with E-state index in [1.54, 1.807) is 12.1 Å². The summed E-state index contributed by atoms with van der Waals surface area (Å²) in [5.41, 5.74) is 0.709. The van der Waals surface area contributed by atoms with Crippen molar-refractivity contribution < 1.29 is 23.9 Å². The van der Waals surface area contributed by atoms with Gasteiger partial charge in [-0.3, -0.25) is 14.9 Å². The van der Waals surface area contributed by atoms with Gasteiger partial charge in [0, 0.05) is 22.2 Å². The third-order valence-corrected chi connectivity index (χ3v) is 4.01. The molecule has 8 heteroatoms. The molecule has 0 saturated carbocycles. The van der Waals surface area contributed by atoms with Gasteiger partial charge in [0.2, 0.25) is 0 Å². The molecule has 0 saturated heterocycles. The van der Waals surface area contributed by atoms with E-state index in [1.807, 2.05) is 0 Å². The zero-order valence-corrected chi connectivity index (χ0v) is 14.5. The van der Waals surface area contributed by atoms with Gasteiger partial charge in [0.05, 0.1) is 24.7 Å². The first-order valence-electron chi connectivity index (χ1n) is 6.77. The molecule has 0 aromatic heterocycles. The number of ether oxygens (including phenoxy) is 3. The molecule has 0 fully saturated rings. The number of non-ortho nitro benzene ring substituents is 1. The lowest BCUT2D eigenvalue weighted by Crippen LogP contribution is -2.01. The second kappa shape index (κ2) is 7.78. The van der Waals surface area contributed by atoms with E-state index in [0.29, 0.717) is 17.8 Å². The highest BCUT2D eigenvalue weighted by Gasteiger charge is 2.14. The van der Waals surface area contributed by atoms with Crippen LogP contribution in [0.3, 0.4) is 0 Å². The predicted octanol–water partition coefficient (Wildman–Crippen LogP) is 3.77. The summed E-state index contributed by atoms with van der Waals surface area (Å²) in [5.74, 6) is 1.37. The second-order valence-electron chi connectivity index (χ2n) is 4.68. The van der Waals surface area contributed by atoms with Crippen LogP contribution in [0.4, 0.5) is 5.69 Å². The predicted molar refractivity (Wildman–Crippen MR) is 90.1 cm³/mol. The van der Waals surface area contributed by atoms with Crippen molar-refractivity contribution in [3.63, 3.8) is 0 Å². The summed E-state index contributed by atoms with van der Waals surface area (Å²) in [5, 5.41) is 10.8. The highest BCUT2D eigenvalue weighted by molar-refractivity contribution is 9.10. The van der Waals surface area contributed by atoms with Crippen molar-refractivity contribution in [2.75, 3.05) is 14.2 Å². The molecule has 126 valence electrons. The fourth-order valence-electron chi connectivity index (χ4n) is 2.04. The summed E-state index contributed by atoms with van der Waals surface area (Å²) in [7, 11) is 3.06. The van der Waals surface area contributed by atoms with Crippen LogP contribution in [0, 0.1) is 10.1 Å². The van der Waals surface area contributed by atoms with Gasteiger partial charge in [-0.15, -0.1) is 0 Å². The Morgan fingerprint density at radius 3 is 2.38 bits per heavy atom. The zero-order chi connectivity index (χ0) is 17.7. The molecule has 2 rings (SSSR count). The van der Waals surface area contributed by atoms with Crippen LogP contribution in [0.5, 0.6) is 17.2 Å². The number of nitro benzene ring substituents is 1. The van der Waals surface area contributed by atoms with Crippen LogP contribution < -0.4 is 14.2 Å². The Morgan fingerprint density at radius 2 is 1.79 bits per heavy atom. The fourth-order valence-corrected chi connectivity index (χ4v) is 2.47. The molecule has 0 amide bonds. The number of carbonyl (C=O) groups is 1. The van der Waals surface area contributed by atoms with Gasteiger partial charge in [-0.05, 0) is 18.2 Å². The van der Waals surface area contributed by atoms with Crippen molar-refractivity contribution in [3.05, 3.63) is 56.0 Å². The lowest BCUT2D eigenvalue weighted by Gasteiger charge is -2.13. The monoisotopic (exact) mass is 395 g/mol. The van der Waals surface area contributed by atoms with Gasteiger partial charge < -0.3 is 14.2 Å². The Bertz CT molecular complexity index is 777. The largest absolute Gasteiger partial charge is 0.493 e. The number of benzene rings is 2. The summed E-state index contributed by atoms with van der Waals surface area (Å²) in [4.78, 5) is 21.3. The van der Waals surface area contributed by atoms with Gasteiger partial charge in [-0.25, -0.2) is 0 Å². The molecule has 0 spiro atoms. The van der Waals surface area contributed by atoms with E-state index in [9.17, 15) is 14.9 Å². The lowest BCUT2D eigenvalue weighted by molar-refractivity contribution is -0.384. The Balaban J connectivity index is 2.25. The summed E-state index contributed by atoms with van der Waals surface area (Å²) in [6.07, 6.45) is 0.520. The summed E-state index contributed by atoms with van der Waals surface area (Å²) >= 11 is 3.42. The molecule has 0 unspecified atom stereocenters. The van der Waals surface area contributed by atoms with E-state index >= 15 is 0 Å². The van der Waals surface area contributed by atoms with E-state index in [0.717, 1.165) is 10.0 Å². The van der Waals surface area contributed by atoms with Crippen molar-refractivity contribution >= 4 is 27.9 Å². The number of nitrogens with zero attached hydrogens (tertiary/aromatic N) is 1. The van der Waals surface area contributed by atoms with E-state index in [1.165, 1.54) is 32.4 Å². The molecular weight excluding hydrogens is 382 g/mol. The molecule has 2 aromatic carbocycles. The smallest absolute Gasteiger partial charge is 0.270 e. The normalized spacial score (nSPS) is 10.1. The van der Waals surface area contributed by atoms with Crippen LogP contribution in [0.15, 0.2) is 34.8 Å². The lowest BCUT2D eigenvalue weighted by atomic mass is 10.2. The SMILES string of the molecule is COc1cc(Br)c(COc2ccc([N+](=O)[O-])cc2C=O)cc1OC. The zero-order valence-electron chi connectivity index (χ0n) is 12.9. The first kappa shape index (κ1) is 17.7. The van der Waals surface area contributed by atoms with E-state index in [-0.39, 0.29) is 23.6 Å². The summed E-state index contributed by atoms with van der Waals surface area (Å²) in [6, 6.07) is 7.34. The maximum Gasteiger partial charge on any atom is 0.270 e. The molecule has 7 nitrogen and oxygen atoms in total. The van der Waals surface area contributed by atoms with Crippen LogP contribution in [0.25, 0.3) is 0 Å². The molecule has 0 aliphatic carbocycles. The third-order valence-electron chi connectivity index (χ3n) is 3.27. The number of carbonyl (C=O) groups excluding carboxylic acids is 1. The van der Waals surface area contributed by atoms with Gasteiger partial charge in [0.25, 0.3) is 5.69 Å². The van der Waals surface area contributed by atoms with Crippen LogP contribution in [-0.2, 0) is 6.61 Å². The van der Waals surface area contributed by atoms with Crippen molar-refractivity contribution in [2.24, 2.45) is 0 Å². The average Bonchev–Trinajstić information content (AvgIpc) is 2.59. The maximum absolute atomic E-state index is 11.1. The van der Waals surface area contributed by atoms with Crippen molar-refractivity contribution in [2.45, 2.75) is 6.61 Å². The topological polar surface area (TPSA) is 87.9 Å². The minimum atomic E-state index is -0.568. The molecular formula is C16H14BrNO6. The van der Waals surface area contributed by atoms with Crippen LogP contribution >= 0.6 is 15.9 Å². The number of aldehydes is 1. The molecule has 0 radical (unpaired) electrons. The van der Waals surface area contributed by atoms with Crippen LogP contribution in [-0.4, -0.2) is 25.4 Å². The first-order chi connectivity index (χ1) is 11.5.